The molecule has 0 aromatic carbocycles. The Hall–Kier alpha value is -0.570. The molecule has 0 bridgehead atoms. The maximum absolute atomic E-state index is 10.5. The molecule has 3 heteroatoms. The Morgan fingerprint density at radius 3 is 2.00 bits per heavy atom. The van der Waals surface area contributed by atoms with Gasteiger partial charge in [-0.05, 0) is 6.92 Å². The van der Waals surface area contributed by atoms with Crippen LogP contribution >= 0.6 is 0 Å². The molecule has 12 heavy (non-hydrogen) atoms. The summed E-state index contributed by atoms with van der Waals surface area (Å²) in [6, 6.07) is 0.302. The SMILES string of the molecule is CC.CC.CC1CNCC(=O)N1. The minimum atomic E-state index is 0.101. The Labute approximate surface area is 75.9 Å². The van der Waals surface area contributed by atoms with Crippen LogP contribution < -0.4 is 10.6 Å². The molecule has 0 radical (unpaired) electrons. The summed E-state index contributed by atoms with van der Waals surface area (Å²) in [4.78, 5) is 10.5. The largest absolute Gasteiger partial charge is 0.351 e. The molecular weight excluding hydrogens is 152 g/mol. The summed E-state index contributed by atoms with van der Waals surface area (Å²) in [5.41, 5.74) is 0. The van der Waals surface area contributed by atoms with Gasteiger partial charge in [0.1, 0.15) is 0 Å². The van der Waals surface area contributed by atoms with Crippen LogP contribution in [0.25, 0.3) is 0 Å². The van der Waals surface area contributed by atoms with Gasteiger partial charge in [-0.3, -0.25) is 4.79 Å². The third-order valence-corrected chi connectivity index (χ3v) is 1.14. The lowest BCUT2D eigenvalue weighted by Crippen LogP contribution is -2.50. The number of hydrogen-bond acceptors (Lipinski definition) is 2. The van der Waals surface area contributed by atoms with Crippen molar-refractivity contribution in [3.63, 3.8) is 0 Å². The van der Waals surface area contributed by atoms with Gasteiger partial charge >= 0.3 is 0 Å². The molecule has 1 rings (SSSR count). The average molecular weight is 174 g/mol. The highest BCUT2D eigenvalue weighted by Crippen LogP contribution is 1.83. The monoisotopic (exact) mass is 174 g/mol. The first-order chi connectivity index (χ1) is 5.79. The topological polar surface area (TPSA) is 41.1 Å². The summed E-state index contributed by atoms with van der Waals surface area (Å²) in [6.07, 6.45) is 0. The maximum atomic E-state index is 10.5. The summed E-state index contributed by atoms with van der Waals surface area (Å²) < 4.78 is 0. The minimum Gasteiger partial charge on any atom is -0.351 e. The van der Waals surface area contributed by atoms with Gasteiger partial charge in [0.05, 0.1) is 6.54 Å². The summed E-state index contributed by atoms with van der Waals surface area (Å²) in [6.45, 7) is 11.3. The van der Waals surface area contributed by atoms with Crippen molar-refractivity contribution in [1.82, 2.24) is 10.6 Å². The first-order valence-electron chi connectivity index (χ1n) is 4.79. The van der Waals surface area contributed by atoms with Gasteiger partial charge in [0.25, 0.3) is 0 Å². The van der Waals surface area contributed by atoms with Crippen LogP contribution in [-0.4, -0.2) is 25.0 Å². The van der Waals surface area contributed by atoms with Gasteiger partial charge in [0, 0.05) is 12.6 Å². The van der Waals surface area contributed by atoms with E-state index in [4.69, 9.17) is 0 Å². The predicted molar refractivity (Wildman–Crippen MR) is 53.2 cm³/mol. The molecule has 1 saturated heterocycles. The van der Waals surface area contributed by atoms with Crippen LogP contribution in [0.3, 0.4) is 0 Å². The third kappa shape index (κ3) is 7.54. The lowest BCUT2D eigenvalue weighted by Gasteiger charge is -2.19. The van der Waals surface area contributed by atoms with Gasteiger partial charge < -0.3 is 10.6 Å². The summed E-state index contributed by atoms with van der Waals surface area (Å²) in [5.74, 6) is 0.101. The van der Waals surface area contributed by atoms with E-state index in [-0.39, 0.29) is 5.91 Å². The molecule has 1 aliphatic heterocycles. The molecule has 74 valence electrons. The van der Waals surface area contributed by atoms with Crippen molar-refractivity contribution in [1.29, 1.82) is 0 Å². The number of nitrogens with one attached hydrogen (secondary N) is 2. The molecule has 0 aromatic heterocycles. The van der Waals surface area contributed by atoms with Crippen LogP contribution in [-0.2, 0) is 4.79 Å². The summed E-state index contributed by atoms with van der Waals surface area (Å²) in [5, 5.41) is 5.75. The fourth-order valence-corrected chi connectivity index (χ4v) is 0.779. The number of hydrogen-bond donors (Lipinski definition) is 2. The van der Waals surface area contributed by atoms with Gasteiger partial charge in [0.15, 0.2) is 0 Å². The quantitative estimate of drug-likeness (QED) is 0.578. The molecular formula is C9H22N2O. The number of rotatable bonds is 0. The highest BCUT2D eigenvalue weighted by molar-refractivity contribution is 5.79. The van der Waals surface area contributed by atoms with Gasteiger partial charge in [-0.2, -0.15) is 0 Å². The van der Waals surface area contributed by atoms with Crippen LogP contribution in [0.2, 0.25) is 0 Å². The molecule has 3 nitrogen and oxygen atoms in total. The first kappa shape index (κ1) is 14.0. The van der Waals surface area contributed by atoms with Crippen LogP contribution in [0, 0.1) is 0 Å². The van der Waals surface area contributed by atoms with Crippen molar-refractivity contribution in [2.24, 2.45) is 0 Å². The second-order valence-electron chi connectivity index (χ2n) is 2.10. The zero-order chi connectivity index (χ0) is 9.98. The van der Waals surface area contributed by atoms with E-state index in [0.717, 1.165) is 6.54 Å². The fourth-order valence-electron chi connectivity index (χ4n) is 0.779. The van der Waals surface area contributed by atoms with Crippen molar-refractivity contribution in [3.8, 4) is 0 Å². The number of piperazine rings is 1. The number of carbonyl (C=O) groups is 1. The van der Waals surface area contributed by atoms with Crippen molar-refractivity contribution in [2.45, 2.75) is 40.7 Å². The molecule has 0 aliphatic carbocycles. The molecule has 1 atom stereocenters. The average Bonchev–Trinajstić information content (AvgIpc) is 2.11. The smallest absolute Gasteiger partial charge is 0.234 e. The van der Waals surface area contributed by atoms with Crippen molar-refractivity contribution >= 4 is 5.91 Å². The Kier molecular flexibility index (Phi) is 12.2. The van der Waals surface area contributed by atoms with Gasteiger partial charge in [-0.25, -0.2) is 0 Å². The molecule has 1 aliphatic rings. The summed E-state index contributed by atoms with van der Waals surface area (Å²) >= 11 is 0. The van der Waals surface area contributed by atoms with Gasteiger partial charge in [-0.1, -0.05) is 27.7 Å². The molecule has 2 N–H and O–H groups in total. The maximum Gasteiger partial charge on any atom is 0.234 e. The molecule has 0 aromatic rings. The second-order valence-corrected chi connectivity index (χ2v) is 2.10. The summed E-state index contributed by atoms with van der Waals surface area (Å²) in [7, 11) is 0. The van der Waals surface area contributed by atoms with Crippen molar-refractivity contribution in [2.75, 3.05) is 13.1 Å². The standard InChI is InChI=1S/C5H10N2O.2C2H6/c1-4-2-6-3-5(8)7-4;2*1-2/h4,6H,2-3H2,1H3,(H,7,8);2*1-2H3. The molecule has 1 heterocycles. The Morgan fingerprint density at radius 2 is 1.75 bits per heavy atom. The molecule has 0 saturated carbocycles. The number of carbonyl (C=O) groups excluding carboxylic acids is 1. The third-order valence-electron chi connectivity index (χ3n) is 1.14. The van der Waals surface area contributed by atoms with E-state index in [1.807, 2.05) is 34.6 Å². The second kappa shape index (κ2) is 10.4. The van der Waals surface area contributed by atoms with E-state index in [0.29, 0.717) is 12.6 Å². The molecule has 1 fully saturated rings. The molecule has 1 amide bonds. The van der Waals surface area contributed by atoms with E-state index in [1.54, 1.807) is 0 Å². The normalized spacial score (nSPS) is 20.8. The van der Waals surface area contributed by atoms with Gasteiger partial charge in [-0.15, -0.1) is 0 Å². The van der Waals surface area contributed by atoms with Crippen molar-refractivity contribution in [3.05, 3.63) is 0 Å². The number of amides is 1. The highest BCUT2D eigenvalue weighted by atomic mass is 16.2. The highest BCUT2D eigenvalue weighted by Gasteiger charge is 2.11. The fraction of sp³-hybridized carbons (Fsp3) is 0.889. The van der Waals surface area contributed by atoms with E-state index in [2.05, 4.69) is 10.6 Å². The van der Waals surface area contributed by atoms with E-state index >= 15 is 0 Å². The minimum absolute atomic E-state index is 0.101. The van der Waals surface area contributed by atoms with Crippen LogP contribution in [0.5, 0.6) is 0 Å². The molecule has 0 spiro atoms. The van der Waals surface area contributed by atoms with Crippen LogP contribution in [0.4, 0.5) is 0 Å². The van der Waals surface area contributed by atoms with Gasteiger partial charge in [0.2, 0.25) is 5.91 Å². The van der Waals surface area contributed by atoms with E-state index in [9.17, 15) is 4.79 Å². The lowest BCUT2D eigenvalue weighted by molar-refractivity contribution is -0.121. The Bertz CT molecular complexity index is 105. The zero-order valence-corrected chi connectivity index (χ0v) is 8.90. The predicted octanol–water partition coefficient (Wildman–Crippen LogP) is 1.15. The first-order valence-corrected chi connectivity index (χ1v) is 4.79. The Morgan fingerprint density at radius 1 is 1.25 bits per heavy atom. The van der Waals surface area contributed by atoms with E-state index < -0.39 is 0 Å². The van der Waals surface area contributed by atoms with E-state index in [1.165, 1.54) is 0 Å². The lowest BCUT2D eigenvalue weighted by atomic mass is 10.3. The van der Waals surface area contributed by atoms with Crippen LogP contribution in [0.15, 0.2) is 0 Å². The molecule has 1 unspecified atom stereocenters. The zero-order valence-electron chi connectivity index (χ0n) is 8.90. The van der Waals surface area contributed by atoms with Crippen molar-refractivity contribution < 1.29 is 4.79 Å². The van der Waals surface area contributed by atoms with Crippen LogP contribution in [0.1, 0.15) is 34.6 Å². The Balaban J connectivity index is 0.